The maximum Gasteiger partial charge on any atom is 0.262 e. The third-order valence-electron chi connectivity index (χ3n) is 3.98. The van der Waals surface area contributed by atoms with E-state index in [9.17, 15) is 4.79 Å². The molecule has 0 radical (unpaired) electrons. The third kappa shape index (κ3) is 3.41. The van der Waals surface area contributed by atoms with Crippen molar-refractivity contribution in [1.82, 2.24) is 15.5 Å². The molecule has 0 fully saturated rings. The van der Waals surface area contributed by atoms with Gasteiger partial charge in [0.1, 0.15) is 5.75 Å². The summed E-state index contributed by atoms with van der Waals surface area (Å²) in [7, 11) is 0. The number of carbonyl (C=O) groups excluding carboxylic acids is 1. The van der Waals surface area contributed by atoms with Crippen molar-refractivity contribution in [2.45, 2.75) is 45.7 Å². The monoisotopic (exact) mass is 330 g/mol. The molecule has 2 aromatic rings. The highest BCUT2D eigenvalue weighted by Crippen LogP contribution is 2.31. The normalized spacial score (nSPS) is 16.3. The van der Waals surface area contributed by atoms with E-state index in [-0.39, 0.29) is 30.5 Å². The van der Waals surface area contributed by atoms with Gasteiger partial charge in [-0.05, 0) is 31.5 Å². The number of hydrogen-bond donors (Lipinski definition) is 2. The van der Waals surface area contributed by atoms with Crippen LogP contribution in [0.25, 0.3) is 0 Å². The van der Waals surface area contributed by atoms with Crippen LogP contribution in [0.2, 0.25) is 0 Å². The van der Waals surface area contributed by atoms with Gasteiger partial charge in [-0.25, -0.2) is 0 Å². The molecule has 0 bridgehead atoms. The molecule has 7 nitrogen and oxygen atoms in total. The Hall–Kier alpha value is -2.41. The van der Waals surface area contributed by atoms with Crippen LogP contribution in [0.15, 0.2) is 22.7 Å². The van der Waals surface area contributed by atoms with Crippen molar-refractivity contribution in [2.24, 2.45) is 0 Å². The van der Waals surface area contributed by atoms with Crippen LogP contribution in [0.3, 0.4) is 0 Å². The first kappa shape index (κ1) is 16.4. The SMILES string of the molecule is CC(C)c1noc([C@@H](C)N[C@H](C)c2ccc3c(c2)NC(=O)CO3)n1. The first-order chi connectivity index (χ1) is 11.4. The van der Waals surface area contributed by atoms with Crippen molar-refractivity contribution in [2.75, 3.05) is 11.9 Å². The Morgan fingerprint density at radius 1 is 1.21 bits per heavy atom. The molecule has 7 heteroatoms. The number of anilines is 1. The summed E-state index contributed by atoms with van der Waals surface area (Å²) in [5.74, 6) is 2.06. The molecule has 128 valence electrons. The average molecular weight is 330 g/mol. The first-order valence-corrected chi connectivity index (χ1v) is 8.10. The molecular weight excluding hydrogens is 308 g/mol. The molecule has 0 saturated carbocycles. The molecule has 0 saturated heterocycles. The molecule has 1 aliphatic rings. The van der Waals surface area contributed by atoms with Gasteiger partial charge in [0.25, 0.3) is 5.91 Å². The van der Waals surface area contributed by atoms with Gasteiger partial charge in [0, 0.05) is 12.0 Å². The van der Waals surface area contributed by atoms with Gasteiger partial charge in [-0.15, -0.1) is 0 Å². The average Bonchev–Trinajstić information content (AvgIpc) is 3.04. The molecule has 1 amide bonds. The molecule has 1 aliphatic heterocycles. The number of amides is 1. The predicted octanol–water partition coefficient (Wildman–Crippen LogP) is 2.94. The van der Waals surface area contributed by atoms with E-state index in [0.29, 0.717) is 23.2 Å². The second-order valence-electron chi connectivity index (χ2n) is 6.35. The Balaban J connectivity index is 1.71. The molecule has 2 N–H and O–H groups in total. The zero-order valence-corrected chi connectivity index (χ0v) is 14.3. The highest BCUT2D eigenvalue weighted by atomic mass is 16.5. The van der Waals surface area contributed by atoms with Crippen LogP contribution in [0.4, 0.5) is 5.69 Å². The smallest absolute Gasteiger partial charge is 0.262 e. The van der Waals surface area contributed by atoms with Crippen LogP contribution in [-0.4, -0.2) is 22.7 Å². The molecule has 0 spiro atoms. The Labute approximate surface area is 140 Å². The molecule has 1 aromatic carbocycles. The van der Waals surface area contributed by atoms with Crippen molar-refractivity contribution < 1.29 is 14.1 Å². The van der Waals surface area contributed by atoms with Gasteiger partial charge in [-0.2, -0.15) is 4.98 Å². The summed E-state index contributed by atoms with van der Waals surface area (Å²) in [6.07, 6.45) is 0. The minimum absolute atomic E-state index is 0.0403. The van der Waals surface area contributed by atoms with Crippen LogP contribution >= 0.6 is 0 Å². The summed E-state index contributed by atoms with van der Waals surface area (Å²) in [5, 5.41) is 10.2. The minimum Gasteiger partial charge on any atom is -0.482 e. The van der Waals surface area contributed by atoms with Gasteiger partial charge >= 0.3 is 0 Å². The van der Waals surface area contributed by atoms with Gasteiger partial charge in [0.05, 0.1) is 11.7 Å². The van der Waals surface area contributed by atoms with Crippen LogP contribution in [-0.2, 0) is 4.79 Å². The fraction of sp³-hybridized carbons (Fsp3) is 0.471. The molecule has 3 rings (SSSR count). The number of benzene rings is 1. The lowest BCUT2D eigenvalue weighted by Crippen LogP contribution is -2.26. The molecule has 2 atom stereocenters. The number of aromatic nitrogens is 2. The summed E-state index contributed by atoms with van der Waals surface area (Å²) in [4.78, 5) is 15.9. The molecule has 1 aromatic heterocycles. The molecular formula is C17H22N4O3. The standard InChI is InChI=1S/C17H22N4O3/c1-9(2)16-20-17(24-21-16)11(4)18-10(3)12-5-6-14-13(7-12)19-15(22)8-23-14/h5-7,9-11,18H,8H2,1-4H3,(H,19,22)/t10-,11-/m1/s1. The molecule has 0 aliphatic carbocycles. The van der Waals surface area contributed by atoms with Gasteiger partial charge in [-0.3, -0.25) is 10.1 Å². The third-order valence-corrected chi connectivity index (χ3v) is 3.98. The fourth-order valence-corrected chi connectivity index (χ4v) is 2.57. The Bertz CT molecular complexity index is 741. The van der Waals surface area contributed by atoms with Crippen LogP contribution in [0.5, 0.6) is 5.75 Å². The largest absolute Gasteiger partial charge is 0.482 e. The maximum absolute atomic E-state index is 11.4. The second kappa shape index (κ2) is 6.60. The number of hydrogen-bond acceptors (Lipinski definition) is 6. The van der Waals surface area contributed by atoms with E-state index in [1.807, 2.05) is 45.9 Å². The summed E-state index contributed by atoms with van der Waals surface area (Å²) in [6, 6.07) is 5.73. The van der Waals surface area contributed by atoms with E-state index in [2.05, 4.69) is 20.8 Å². The summed E-state index contributed by atoms with van der Waals surface area (Å²) in [5.41, 5.74) is 1.74. The van der Waals surface area contributed by atoms with Gasteiger partial charge in [-0.1, -0.05) is 25.1 Å². The summed E-state index contributed by atoms with van der Waals surface area (Å²) < 4.78 is 10.7. The van der Waals surface area contributed by atoms with Crippen molar-refractivity contribution >= 4 is 11.6 Å². The lowest BCUT2D eigenvalue weighted by Gasteiger charge is -2.22. The number of rotatable bonds is 5. The van der Waals surface area contributed by atoms with E-state index in [4.69, 9.17) is 9.26 Å². The molecule has 24 heavy (non-hydrogen) atoms. The van der Waals surface area contributed by atoms with Crippen molar-refractivity contribution in [3.63, 3.8) is 0 Å². The Morgan fingerprint density at radius 3 is 2.71 bits per heavy atom. The summed E-state index contributed by atoms with van der Waals surface area (Å²) in [6.45, 7) is 8.14. The van der Waals surface area contributed by atoms with Crippen LogP contribution < -0.4 is 15.4 Å². The topological polar surface area (TPSA) is 89.3 Å². The van der Waals surface area contributed by atoms with Crippen LogP contribution in [0.1, 0.15) is 63.0 Å². The number of nitrogens with zero attached hydrogens (tertiary/aromatic N) is 2. The number of nitrogens with one attached hydrogen (secondary N) is 2. The lowest BCUT2D eigenvalue weighted by atomic mass is 10.1. The van der Waals surface area contributed by atoms with Gasteiger partial charge in [0.15, 0.2) is 12.4 Å². The summed E-state index contributed by atoms with van der Waals surface area (Å²) >= 11 is 0. The highest BCUT2D eigenvalue weighted by Gasteiger charge is 2.20. The molecule has 2 heterocycles. The zero-order valence-electron chi connectivity index (χ0n) is 14.3. The lowest BCUT2D eigenvalue weighted by molar-refractivity contribution is -0.118. The minimum atomic E-state index is -0.138. The molecule has 0 unspecified atom stereocenters. The van der Waals surface area contributed by atoms with E-state index in [0.717, 1.165) is 5.56 Å². The Morgan fingerprint density at radius 2 is 2.00 bits per heavy atom. The zero-order chi connectivity index (χ0) is 17.3. The second-order valence-corrected chi connectivity index (χ2v) is 6.35. The van der Waals surface area contributed by atoms with Crippen molar-refractivity contribution in [3.8, 4) is 5.75 Å². The predicted molar refractivity (Wildman–Crippen MR) is 88.9 cm³/mol. The number of fused-ring (bicyclic) bond motifs is 1. The van der Waals surface area contributed by atoms with Gasteiger partial charge in [0.2, 0.25) is 5.89 Å². The van der Waals surface area contributed by atoms with Gasteiger partial charge < -0.3 is 14.6 Å². The number of ether oxygens (including phenoxy) is 1. The van der Waals surface area contributed by atoms with E-state index >= 15 is 0 Å². The van der Waals surface area contributed by atoms with Crippen molar-refractivity contribution in [3.05, 3.63) is 35.5 Å². The van der Waals surface area contributed by atoms with E-state index < -0.39 is 0 Å². The first-order valence-electron chi connectivity index (χ1n) is 8.10. The van der Waals surface area contributed by atoms with Crippen LogP contribution in [0, 0.1) is 0 Å². The van der Waals surface area contributed by atoms with E-state index in [1.165, 1.54) is 0 Å². The maximum atomic E-state index is 11.4. The van der Waals surface area contributed by atoms with E-state index in [1.54, 1.807) is 0 Å². The van der Waals surface area contributed by atoms with Crippen molar-refractivity contribution in [1.29, 1.82) is 0 Å². The quantitative estimate of drug-likeness (QED) is 0.876. The number of carbonyl (C=O) groups is 1. The Kier molecular flexibility index (Phi) is 4.53. The fourth-order valence-electron chi connectivity index (χ4n) is 2.57. The highest BCUT2D eigenvalue weighted by molar-refractivity contribution is 5.95.